The zero-order valence-electron chi connectivity index (χ0n) is 12.3. The second-order valence-electron chi connectivity index (χ2n) is 5.33. The van der Waals surface area contributed by atoms with Crippen LogP contribution in [-0.4, -0.2) is 29.4 Å². The van der Waals surface area contributed by atoms with Gasteiger partial charge < -0.3 is 14.6 Å². The van der Waals surface area contributed by atoms with Crippen molar-refractivity contribution in [3.63, 3.8) is 0 Å². The molecule has 2 aromatic rings. The molecule has 0 aliphatic carbocycles. The van der Waals surface area contributed by atoms with Gasteiger partial charge in [0.2, 0.25) is 11.7 Å². The fraction of sp³-hybridized carbons (Fsp3) is 0.500. The monoisotopic (exact) mass is 287 g/mol. The topological polar surface area (TPSA) is 60.2 Å². The van der Waals surface area contributed by atoms with E-state index in [-0.39, 0.29) is 0 Å². The highest BCUT2D eigenvalue weighted by Gasteiger charge is 2.15. The van der Waals surface area contributed by atoms with Gasteiger partial charge in [0.1, 0.15) is 0 Å². The van der Waals surface area contributed by atoms with Crippen LogP contribution in [-0.2, 0) is 17.7 Å². The van der Waals surface area contributed by atoms with Crippen LogP contribution in [0.5, 0.6) is 0 Å². The highest BCUT2D eigenvalue weighted by atomic mass is 16.5. The van der Waals surface area contributed by atoms with Gasteiger partial charge in [0.25, 0.3) is 0 Å². The Labute approximate surface area is 124 Å². The molecule has 0 saturated carbocycles. The minimum absolute atomic E-state index is 0.328. The van der Waals surface area contributed by atoms with Crippen molar-refractivity contribution in [1.82, 2.24) is 15.5 Å². The Morgan fingerprint density at radius 3 is 2.86 bits per heavy atom. The first-order valence-corrected chi connectivity index (χ1v) is 7.59. The number of rotatable bonds is 6. The van der Waals surface area contributed by atoms with Crippen LogP contribution in [0.15, 0.2) is 28.8 Å². The Morgan fingerprint density at radius 2 is 2.14 bits per heavy atom. The van der Waals surface area contributed by atoms with Crippen molar-refractivity contribution in [2.75, 3.05) is 13.2 Å². The molecule has 1 aromatic heterocycles. The van der Waals surface area contributed by atoms with Crippen LogP contribution in [0.25, 0.3) is 11.4 Å². The summed E-state index contributed by atoms with van der Waals surface area (Å²) in [6.07, 6.45) is 3.65. The predicted molar refractivity (Wildman–Crippen MR) is 79.8 cm³/mol. The van der Waals surface area contributed by atoms with E-state index in [0.29, 0.717) is 24.4 Å². The molecule has 0 amide bonds. The van der Waals surface area contributed by atoms with Crippen molar-refractivity contribution in [3.8, 4) is 11.4 Å². The van der Waals surface area contributed by atoms with Gasteiger partial charge in [0, 0.05) is 18.7 Å². The second-order valence-corrected chi connectivity index (χ2v) is 5.33. The Hall–Kier alpha value is -1.72. The SMILES string of the molecule is CCc1ccc(-c2noc(CNCC3CCCO3)n2)cc1. The summed E-state index contributed by atoms with van der Waals surface area (Å²) in [4.78, 5) is 4.42. The van der Waals surface area contributed by atoms with Crippen molar-refractivity contribution in [3.05, 3.63) is 35.7 Å². The third-order valence-corrected chi connectivity index (χ3v) is 3.76. The summed E-state index contributed by atoms with van der Waals surface area (Å²) in [6, 6.07) is 8.27. The van der Waals surface area contributed by atoms with Crippen molar-refractivity contribution < 1.29 is 9.26 Å². The summed E-state index contributed by atoms with van der Waals surface area (Å²) in [6.45, 7) is 4.44. The second kappa shape index (κ2) is 6.83. The summed E-state index contributed by atoms with van der Waals surface area (Å²) in [5, 5.41) is 7.34. The number of hydrogen-bond acceptors (Lipinski definition) is 5. The van der Waals surface area contributed by atoms with E-state index >= 15 is 0 Å². The number of aryl methyl sites for hydroxylation is 1. The van der Waals surface area contributed by atoms with Gasteiger partial charge in [-0.25, -0.2) is 0 Å². The first kappa shape index (κ1) is 14.2. The molecule has 5 heteroatoms. The Morgan fingerprint density at radius 1 is 1.29 bits per heavy atom. The average Bonchev–Trinajstić information content (AvgIpc) is 3.19. The lowest BCUT2D eigenvalue weighted by Gasteiger charge is -2.08. The highest BCUT2D eigenvalue weighted by molar-refractivity contribution is 5.54. The summed E-state index contributed by atoms with van der Waals surface area (Å²) in [5.74, 6) is 1.26. The summed E-state index contributed by atoms with van der Waals surface area (Å²) < 4.78 is 10.8. The maximum atomic E-state index is 5.56. The zero-order chi connectivity index (χ0) is 14.5. The van der Waals surface area contributed by atoms with E-state index in [1.165, 1.54) is 5.56 Å². The largest absolute Gasteiger partial charge is 0.377 e. The van der Waals surface area contributed by atoms with Crippen molar-refractivity contribution in [2.45, 2.75) is 38.8 Å². The standard InChI is InChI=1S/C16H21N3O2/c1-2-12-5-7-13(8-6-12)16-18-15(21-19-16)11-17-10-14-4-3-9-20-14/h5-8,14,17H,2-4,9-11H2,1H3. The number of hydrogen-bond donors (Lipinski definition) is 1. The predicted octanol–water partition coefficient (Wildman–Crippen LogP) is 2.57. The molecule has 1 aliphatic rings. The van der Waals surface area contributed by atoms with Crippen LogP contribution in [0, 0.1) is 0 Å². The van der Waals surface area contributed by atoms with Gasteiger partial charge in [0.05, 0.1) is 12.6 Å². The van der Waals surface area contributed by atoms with Crippen molar-refractivity contribution in [1.29, 1.82) is 0 Å². The fourth-order valence-electron chi connectivity index (χ4n) is 2.48. The van der Waals surface area contributed by atoms with Gasteiger partial charge >= 0.3 is 0 Å². The lowest BCUT2D eigenvalue weighted by Crippen LogP contribution is -2.25. The van der Waals surface area contributed by atoms with E-state index in [4.69, 9.17) is 9.26 Å². The van der Waals surface area contributed by atoms with Crippen molar-refractivity contribution >= 4 is 0 Å². The van der Waals surface area contributed by atoms with Crippen LogP contribution in [0.4, 0.5) is 0 Å². The molecule has 0 bridgehead atoms. The Balaban J connectivity index is 1.54. The van der Waals surface area contributed by atoms with E-state index in [1.807, 2.05) is 12.1 Å². The minimum Gasteiger partial charge on any atom is -0.377 e. The molecule has 1 N–H and O–H groups in total. The van der Waals surface area contributed by atoms with Gasteiger partial charge in [-0.2, -0.15) is 4.98 Å². The number of aromatic nitrogens is 2. The van der Waals surface area contributed by atoms with Gasteiger partial charge in [-0.15, -0.1) is 0 Å². The van der Waals surface area contributed by atoms with Gasteiger partial charge in [0.15, 0.2) is 0 Å². The Kier molecular flexibility index (Phi) is 4.62. The Bertz CT molecular complexity index is 559. The normalized spacial score (nSPS) is 18.2. The highest BCUT2D eigenvalue weighted by Crippen LogP contribution is 2.17. The van der Waals surface area contributed by atoms with Crippen LogP contribution < -0.4 is 5.32 Å². The number of benzene rings is 1. The average molecular weight is 287 g/mol. The summed E-state index contributed by atoms with van der Waals surface area (Å²) in [5.41, 5.74) is 2.29. The molecule has 1 saturated heterocycles. The summed E-state index contributed by atoms with van der Waals surface area (Å²) in [7, 11) is 0. The molecule has 0 spiro atoms. The molecule has 0 radical (unpaired) electrons. The number of ether oxygens (including phenoxy) is 1. The molecule has 1 aromatic carbocycles. The molecule has 1 aliphatic heterocycles. The number of nitrogens with one attached hydrogen (secondary N) is 1. The van der Waals surface area contributed by atoms with E-state index in [1.54, 1.807) is 0 Å². The molecule has 3 rings (SSSR count). The van der Waals surface area contributed by atoms with E-state index in [0.717, 1.165) is 38.0 Å². The molecule has 2 heterocycles. The molecule has 1 unspecified atom stereocenters. The zero-order valence-corrected chi connectivity index (χ0v) is 12.3. The lowest BCUT2D eigenvalue weighted by molar-refractivity contribution is 0.109. The van der Waals surface area contributed by atoms with Crippen molar-refractivity contribution in [2.24, 2.45) is 0 Å². The van der Waals surface area contributed by atoms with Crippen LogP contribution in [0.3, 0.4) is 0 Å². The minimum atomic E-state index is 0.328. The molecule has 21 heavy (non-hydrogen) atoms. The molecule has 1 fully saturated rings. The smallest absolute Gasteiger partial charge is 0.240 e. The number of nitrogens with zero attached hydrogens (tertiary/aromatic N) is 2. The summed E-state index contributed by atoms with van der Waals surface area (Å²) >= 11 is 0. The fourth-order valence-corrected chi connectivity index (χ4v) is 2.48. The molecule has 5 nitrogen and oxygen atoms in total. The van der Waals surface area contributed by atoms with E-state index in [2.05, 4.69) is 34.5 Å². The van der Waals surface area contributed by atoms with Gasteiger partial charge in [-0.05, 0) is 24.8 Å². The van der Waals surface area contributed by atoms with Gasteiger partial charge in [-0.1, -0.05) is 36.3 Å². The first-order valence-electron chi connectivity index (χ1n) is 7.59. The van der Waals surface area contributed by atoms with Crippen LogP contribution in [0.2, 0.25) is 0 Å². The van der Waals surface area contributed by atoms with Crippen LogP contribution >= 0.6 is 0 Å². The van der Waals surface area contributed by atoms with E-state index in [9.17, 15) is 0 Å². The van der Waals surface area contributed by atoms with Crippen LogP contribution in [0.1, 0.15) is 31.2 Å². The van der Waals surface area contributed by atoms with Gasteiger partial charge in [-0.3, -0.25) is 0 Å². The first-order chi connectivity index (χ1) is 10.3. The molecular weight excluding hydrogens is 266 g/mol. The van der Waals surface area contributed by atoms with E-state index < -0.39 is 0 Å². The molecular formula is C16H21N3O2. The maximum Gasteiger partial charge on any atom is 0.240 e. The third kappa shape index (κ3) is 3.68. The lowest BCUT2D eigenvalue weighted by atomic mass is 10.1. The third-order valence-electron chi connectivity index (χ3n) is 3.76. The quantitative estimate of drug-likeness (QED) is 0.885. The molecule has 112 valence electrons. The molecule has 1 atom stereocenters. The maximum absolute atomic E-state index is 5.56.